The van der Waals surface area contributed by atoms with Crippen molar-refractivity contribution in [2.75, 3.05) is 20.8 Å². The molecule has 7 nitrogen and oxygen atoms in total. The highest BCUT2D eigenvalue weighted by Gasteiger charge is 2.16. The van der Waals surface area contributed by atoms with E-state index in [1.165, 1.54) is 0 Å². The lowest BCUT2D eigenvalue weighted by atomic mass is 10.1. The fourth-order valence-corrected chi connectivity index (χ4v) is 2.92. The largest absolute Gasteiger partial charge is 0.493 e. The van der Waals surface area contributed by atoms with Gasteiger partial charge in [0.15, 0.2) is 17.2 Å². The maximum atomic E-state index is 12.5. The van der Waals surface area contributed by atoms with Gasteiger partial charge in [-0.3, -0.25) is 4.79 Å². The molecule has 1 heterocycles. The molecular formula is C21H24N4O3. The molecule has 146 valence electrons. The highest BCUT2D eigenvalue weighted by Crippen LogP contribution is 2.27. The summed E-state index contributed by atoms with van der Waals surface area (Å²) in [6.07, 6.45) is 0.670. The number of nitrogens with zero attached hydrogens (tertiary/aromatic N) is 3. The van der Waals surface area contributed by atoms with Gasteiger partial charge in [-0.25, -0.2) is 4.68 Å². The van der Waals surface area contributed by atoms with Crippen molar-refractivity contribution in [2.24, 2.45) is 0 Å². The molecule has 28 heavy (non-hydrogen) atoms. The maximum Gasteiger partial charge on any atom is 0.273 e. The molecule has 1 N–H and O–H groups in total. The van der Waals surface area contributed by atoms with E-state index < -0.39 is 0 Å². The quantitative estimate of drug-likeness (QED) is 0.650. The van der Waals surface area contributed by atoms with Crippen LogP contribution in [0.4, 0.5) is 0 Å². The van der Waals surface area contributed by atoms with Crippen molar-refractivity contribution in [1.29, 1.82) is 0 Å². The molecule has 0 unspecified atom stereocenters. The van der Waals surface area contributed by atoms with E-state index in [1.807, 2.05) is 55.5 Å². The van der Waals surface area contributed by atoms with E-state index in [4.69, 9.17) is 9.47 Å². The summed E-state index contributed by atoms with van der Waals surface area (Å²) in [5, 5.41) is 11.1. The minimum absolute atomic E-state index is 0.225. The van der Waals surface area contributed by atoms with Gasteiger partial charge < -0.3 is 14.8 Å². The van der Waals surface area contributed by atoms with Crippen LogP contribution in [0.3, 0.4) is 0 Å². The molecule has 0 aliphatic rings. The first-order chi connectivity index (χ1) is 13.6. The predicted octanol–water partition coefficient (Wildman–Crippen LogP) is 2.62. The smallest absolute Gasteiger partial charge is 0.273 e. The average Bonchev–Trinajstić information content (AvgIpc) is 3.08. The number of amides is 1. The Bertz CT molecular complexity index is 938. The molecule has 0 fully saturated rings. The summed E-state index contributed by atoms with van der Waals surface area (Å²) in [4.78, 5) is 12.5. The van der Waals surface area contributed by atoms with E-state index in [2.05, 4.69) is 15.6 Å². The van der Waals surface area contributed by atoms with Crippen molar-refractivity contribution in [3.63, 3.8) is 0 Å². The first-order valence-corrected chi connectivity index (χ1v) is 9.05. The minimum atomic E-state index is -0.225. The van der Waals surface area contributed by atoms with Crippen LogP contribution in [0.1, 0.15) is 27.3 Å². The number of hydrogen-bond donors (Lipinski definition) is 1. The number of nitrogens with one attached hydrogen (secondary N) is 1. The number of hydrogen-bond acceptors (Lipinski definition) is 5. The zero-order chi connectivity index (χ0) is 19.9. The van der Waals surface area contributed by atoms with Crippen molar-refractivity contribution in [2.45, 2.75) is 19.9 Å². The van der Waals surface area contributed by atoms with E-state index in [9.17, 15) is 4.79 Å². The zero-order valence-corrected chi connectivity index (χ0v) is 16.3. The first kappa shape index (κ1) is 19.4. The number of aromatic nitrogens is 3. The second-order valence-electron chi connectivity index (χ2n) is 6.36. The molecule has 2 aromatic carbocycles. The van der Waals surface area contributed by atoms with Gasteiger partial charge in [0.1, 0.15) is 0 Å². The topological polar surface area (TPSA) is 78.3 Å². The normalized spacial score (nSPS) is 10.5. The molecule has 1 aromatic heterocycles. The third kappa shape index (κ3) is 4.49. The van der Waals surface area contributed by atoms with Crippen LogP contribution in [0.2, 0.25) is 0 Å². The lowest BCUT2D eigenvalue weighted by molar-refractivity contribution is 0.0948. The van der Waals surface area contributed by atoms with Crippen LogP contribution >= 0.6 is 0 Å². The molecule has 1 amide bonds. The van der Waals surface area contributed by atoms with Gasteiger partial charge in [0.2, 0.25) is 0 Å². The first-order valence-electron chi connectivity index (χ1n) is 9.05. The summed E-state index contributed by atoms with van der Waals surface area (Å²) in [6, 6.07) is 15.7. The van der Waals surface area contributed by atoms with Gasteiger partial charge in [-0.1, -0.05) is 41.6 Å². The number of benzene rings is 2. The molecule has 0 atom stereocenters. The molecule has 0 saturated carbocycles. The van der Waals surface area contributed by atoms with Gasteiger partial charge in [-0.15, -0.1) is 5.10 Å². The molecule has 0 spiro atoms. The van der Waals surface area contributed by atoms with Crippen molar-refractivity contribution >= 4 is 5.91 Å². The maximum absolute atomic E-state index is 12.5. The fraction of sp³-hybridized carbons (Fsp3) is 0.286. The molecule has 0 aliphatic heterocycles. The van der Waals surface area contributed by atoms with E-state index in [0.717, 1.165) is 16.8 Å². The van der Waals surface area contributed by atoms with Crippen molar-refractivity contribution in [1.82, 2.24) is 20.3 Å². The summed E-state index contributed by atoms with van der Waals surface area (Å²) >= 11 is 0. The van der Waals surface area contributed by atoms with Crippen LogP contribution in [-0.2, 0) is 13.0 Å². The second-order valence-corrected chi connectivity index (χ2v) is 6.36. The van der Waals surface area contributed by atoms with Crippen molar-refractivity contribution < 1.29 is 14.3 Å². The van der Waals surface area contributed by atoms with Gasteiger partial charge in [-0.2, -0.15) is 0 Å². The van der Waals surface area contributed by atoms with Gasteiger partial charge in [0.05, 0.1) is 26.5 Å². The number of carbonyl (C=O) groups excluding carboxylic acids is 1. The summed E-state index contributed by atoms with van der Waals surface area (Å²) in [6.45, 7) is 2.92. The average molecular weight is 380 g/mol. The number of carbonyl (C=O) groups is 1. The van der Waals surface area contributed by atoms with Gasteiger partial charge in [-0.05, 0) is 36.6 Å². The zero-order valence-electron chi connectivity index (χ0n) is 16.3. The van der Waals surface area contributed by atoms with E-state index in [0.29, 0.717) is 36.7 Å². The van der Waals surface area contributed by atoms with Crippen LogP contribution in [0.15, 0.2) is 48.5 Å². The molecule has 3 aromatic rings. The molecule has 0 saturated heterocycles. The summed E-state index contributed by atoms with van der Waals surface area (Å²) < 4.78 is 12.3. The highest BCUT2D eigenvalue weighted by molar-refractivity contribution is 5.93. The Labute approximate surface area is 164 Å². The van der Waals surface area contributed by atoms with Crippen molar-refractivity contribution in [3.8, 4) is 11.5 Å². The Balaban J connectivity index is 1.58. The van der Waals surface area contributed by atoms with Crippen LogP contribution in [0, 0.1) is 6.92 Å². The third-order valence-corrected chi connectivity index (χ3v) is 4.52. The van der Waals surface area contributed by atoms with E-state index in [-0.39, 0.29) is 5.91 Å². The molecule has 3 rings (SSSR count). The molecular weight excluding hydrogens is 356 g/mol. The Kier molecular flexibility index (Phi) is 6.26. The van der Waals surface area contributed by atoms with Crippen LogP contribution in [0.5, 0.6) is 11.5 Å². The van der Waals surface area contributed by atoms with Gasteiger partial charge in [0, 0.05) is 6.54 Å². The summed E-state index contributed by atoms with van der Waals surface area (Å²) in [5.41, 5.74) is 3.24. The minimum Gasteiger partial charge on any atom is -0.493 e. The van der Waals surface area contributed by atoms with Crippen LogP contribution in [0.25, 0.3) is 0 Å². The number of methoxy groups -OCH3 is 2. The Morgan fingerprint density at radius 2 is 1.79 bits per heavy atom. The van der Waals surface area contributed by atoms with Gasteiger partial charge >= 0.3 is 0 Å². The monoisotopic (exact) mass is 380 g/mol. The Morgan fingerprint density at radius 1 is 1.04 bits per heavy atom. The summed E-state index contributed by atoms with van der Waals surface area (Å²) in [7, 11) is 3.20. The number of rotatable bonds is 8. The Morgan fingerprint density at radius 3 is 2.50 bits per heavy atom. The lowest BCUT2D eigenvalue weighted by Crippen LogP contribution is -2.26. The number of ether oxygens (including phenoxy) is 2. The SMILES string of the molecule is COc1ccc(CCNC(=O)c2nnn(Cc3ccccc3)c2C)cc1OC. The van der Waals surface area contributed by atoms with Crippen LogP contribution < -0.4 is 14.8 Å². The lowest BCUT2D eigenvalue weighted by Gasteiger charge is -2.10. The molecule has 0 radical (unpaired) electrons. The molecule has 0 bridgehead atoms. The van der Waals surface area contributed by atoms with E-state index in [1.54, 1.807) is 18.9 Å². The third-order valence-electron chi connectivity index (χ3n) is 4.52. The Hall–Kier alpha value is -3.35. The second kappa shape index (κ2) is 9.03. The van der Waals surface area contributed by atoms with E-state index >= 15 is 0 Å². The summed E-state index contributed by atoms with van der Waals surface area (Å²) in [5.74, 6) is 1.13. The molecule has 0 aliphatic carbocycles. The fourth-order valence-electron chi connectivity index (χ4n) is 2.92. The molecule has 7 heteroatoms. The standard InChI is InChI=1S/C21H24N4O3/c1-15-20(23-24-25(15)14-17-7-5-4-6-8-17)21(26)22-12-11-16-9-10-18(27-2)19(13-16)28-3/h4-10,13H,11-12,14H2,1-3H3,(H,22,26). The van der Waals surface area contributed by atoms with Gasteiger partial charge in [0.25, 0.3) is 5.91 Å². The predicted molar refractivity (Wildman–Crippen MR) is 106 cm³/mol. The van der Waals surface area contributed by atoms with Crippen LogP contribution in [-0.4, -0.2) is 41.7 Å². The highest BCUT2D eigenvalue weighted by atomic mass is 16.5. The van der Waals surface area contributed by atoms with Crippen molar-refractivity contribution in [3.05, 3.63) is 71.0 Å².